The Bertz CT molecular complexity index is 964. The molecule has 164 valence electrons. The number of carbonyl (C=O) groups is 2. The van der Waals surface area contributed by atoms with Crippen LogP contribution >= 0.6 is 0 Å². The highest BCUT2D eigenvalue weighted by Crippen LogP contribution is 2.14. The summed E-state index contributed by atoms with van der Waals surface area (Å²) in [6.45, 7) is -0.531. The van der Waals surface area contributed by atoms with Crippen LogP contribution in [0.25, 0.3) is 0 Å². The van der Waals surface area contributed by atoms with Gasteiger partial charge in [0.2, 0.25) is 0 Å². The van der Waals surface area contributed by atoms with E-state index in [1.807, 2.05) is 0 Å². The number of aldehydes is 1. The number of carbonyl (C=O) groups excluding carboxylic acids is 2. The van der Waals surface area contributed by atoms with Gasteiger partial charge in [0.15, 0.2) is 11.6 Å². The number of benzene rings is 2. The summed E-state index contributed by atoms with van der Waals surface area (Å²) in [5, 5.41) is 37.0. The maximum absolute atomic E-state index is 13.9. The Labute approximate surface area is 176 Å². The van der Waals surface area contributed by atoms with E-state index >= 15 is 0 Å². The predicted molar refractivity (Wildman–Crippen MR) is 106 cm³/mol. The summed E-state index contributed by atoms with van der Waals surface area (Å²) < 4.78 is 41.4. The molecule has 0 spiro atoms. The smallest absolute Gasteiger partial charge is 0.423 e. The summed E-state index contributed by atoms with van der Waals surface area (Å²) in [6.07, 6.45) is 0.433. The van der Waals surface area contributed by atoms with E-state index in [1.165, 1.54) is 0 Å². The number of hydrogen-bond donors (Lipinski definition) is 5. The molecule has 6 N–H and O–H groups in total. The van der Waals surface area contributed by atoms with Gasteiger partial charge in [-0.1, -0.05) is 6.07 Å². The van der Waals surface area contributed by atoms with Gasteiger partial charge in [-0.25, -0.2) is 13.2 Å². The van der Waals surface area contributed by atoms with Crippen LogP contribution in [0.15, 0.2) is 30.3 Å². The second kappa shape index (κ2) is 10.6. The van der Waals surface area contributed by atoms with E-state index in [9.17, 15) is 42.9 Å². The standard InChI is InChI=1S/C18H19B2F3N2O6/c21-13-6-11(5-12(7-13)19(28)29)18(27)25(2-1-14(24)9-26)8-10-3-15(20(30)31)17(23)16(22)4-10/h3-7,9,14,28-31H,1-2,8,24H2/t14-/m0/s1. The summed E-state index contributed by atoms with van der Waals surface area (Å²) >= 11 is 0. The fourth-order valence-corrected chi connectivity index (χ4v) is 2.86. The molecule has 0 aliphatic carbocycles. The molecule has 0 saturated carbocycles. The third-order valence-corrected chi connectivity index (χ3v) is 4.43. The third-order valence-electron chi connectivity index (χ3n) is 4.43. The molecule has 1 atom stereocenters. The van der Waals surface area contributed by atoms with Crippen LogP contribution in [0.4, 0.5) is 13.2 Å². The summed E-state index contributed by atoms with van der Waals surface area (Å²) in [7, 11) is -4.35. The molecule has 0 aliphatic heterocycles. The van der Waals surface area contributed by atoms with Gasteiger partial charge in [0.1, 0.15) is 12.1 Å². The fourth-order valence-electron chi connectivity index (χ4n) is 2.86. The van der Waals surface area contributed by atoms with Gasteiger partial charge in [0.25, 0.3) is 5.91 Å². The first-order chi connectivity index (χ1) is 14.5. The zero-order valence-corrected chi connectivity index (χ0v) is 16.1. The van der Waals surface area contributed by atoms with E-state index < -0.39 is 49.1 Å². The molecule has 0 heterocycles. The number of amides is 1. The van der Waals surface area contributed by atoms with E-state index in [1.54, 1.807) is 0 Å². The van der Waals surface area contributed by atoms with Crippen LogP contribution in [0.3, 0.4) is 0 Å². The Morgan fingerprint density at radius 3 is 2.32 bits per heavy atom. The molecular formula is C18H19B2F3N2O6. The highest BCUT2D eigenvalue weighted by molar-refractivity contribution is 6.59. The first-order valence-corrected chi connectivity index (χ1v) is 9.04. The van der Waals surface area contributed by atoms with Crippen LogP contribution in [0.1, 0.15) is 22.3 Å². The lowest BCUT2D eigenvalue weighted by Gasteiger charge is -2.24. The Balaban J connectivity index is 2.42. The summed E-state index contributed by atoms with van der Waals surface area (Å²) in [4.78, 5) is 24.8. The first-order valence-electron chi connectivity index (χ1n) is 9.04. The van der Waals surface area contributed by atoms with Crippen LogP contribution in [0.2, 0.25) is 0 Å². The average Bonchev–Trinajstić information content (AvgIpc) is 2.71. The first kappa shape index (κ1) is 24.6. The maximum Gasteiger partial charge on any atom is 0.491 e. The van der Waals surface area contributed by atoms with Crippen molar-refractivity contribution in [1.82, 2.24) is 4.90 Å². The van der Waals surface area contributed by atoms with Gasteiger partial charge >= 0.3 is 14.2 Å². The SMILES string of the molecule is N[C@H](C=O)CCN(Cc1cc(F)c(F)c(B(O)O)c1)C(=O)c1cc(F)cc(B(O)O)c1. The molecule has 1 amide bonds. The minimum Gasteiger partial charge on any atom is -0.423 e. The van der Waals surface area contributed by atoms with Crippen molar-refractivity contribution in [1.29, 1.82) is 0 Å². The second-order valence-corrected chi connectivity index (χ2v) is 6.82. The van der Waals surface area contributed by atoms with Crippen molar-refractivity contribution in [2.75, 3.05) is 6.54 Å². The fraction of sp³-hybridized carbons (Fsp3) is 0.222. The largest absolute Gasteiger partial charge is 0.491 e. The molecule has 0 fully saturated rings. The quantitative estimate of drug-likeness (QED) is 0.226. The molecule has 2 aromatic carbocycles. The van der Waals surface area contributed by atoms with Crippen LogP contribution in [0.5, 0.6) is 0 Å². The van der Waals surface area contributed by atoms with Gasteiger partial charge in [-0.05, 0) is 41.7 Å². The Hall–Kier alpha value is -2.70. The number of nitrogens with zero attached hydrogens (tertiary/aromatic N) is 1. The zero-order valence-electron chi connectivity index (χ0n) is 16.1. The Morgan fingerprint density at radius 2 is 1.74 bits per heavy atom. The highest BCUT2D eigenvalue weighted by Gasteiger charge is 2.24. The highest BCUT2D eigenvalue weighted by atomic mass is 19.2. The monoisotopic (exact) mass is 438 g/mol. The van der Waals surface area contributed by atoms with Crippen molar-refractivity contribution >= 4 is 37.4 Å². The van der Waals surface area contributed by atoms with Crippen LogP contribution in [0, 0.1) is 17.5 Å². The number of rotatable bonds is 9. The molecular weight excluding hydrogens is 419 g/mol. The van der Waals surface area contributed by atoms with Crippen molar-refractivity contribution in [3.05, 3.63) is 58.9 Å². The summed E-state index contributed by atoms with van der Waals surface area (Å²) in [5.74, 6) is -4.59. The zero-order chi connectivity index (χ0) is 23.3. The number of halogens is 3. The van der Waals surface area contributed by atoms with Gasteiger partial charge in [-0.3, -0.25) is 4.79 Å². The number of nitrogens with two attached hydrogens (primary N) is 1. The molecule has 0 unspecified atom stereocenters. The molecule has 0 saturated heterocycles. The van der Waals surface area contributed by atoms with Crippen LogP contribution in [-0.2, 0) is 11.3 Å². The van der Waals surface area contributed by atoms with E-state index in [4.69, 9.17) is 5.73 Å². The third kappa shape index (κ3) is 6.39. The number of hydrogen-bond acceptors (Lipinski definition) is 7. The van der Waals surface area contributed by atoms with E-state index in [0.717, 1.165) is 35.2 Å². The molecule has 2 rings (SSSR count). The lowest BCUT2D eigenvalue weighted by Crippen LogP contribution is -2.38. The van der Waals surface area contributed by atoms with Gasteiger partial charge in [-0.2, -0.15) is 0 Å². The minimum absolute atomic E-state index is 0.0147. The van der Waals surface area contributed by atoms with Crippen molar-refractivity contribution in [3.8, 4) is 0 Å². The van der Waals surface area contributed by atoms with Crippen molar-refractivity contribution in [3.63, 3.8) is 0 Å². The van der Waals surface area contributed by atoms with Gasteiger partial charge in [-0.15, -0.1) is 0 Å². The van der Waals surface area contributed by atoms with Crippen molar-refractivity contribution in [2.45, 2.75) is 19.0 Å². The van der Waals surface area contributed by atoms with Gasteiger partial charge in [0, 0.05) is 24.1 Å². The Kier molecular flexibility index (Phi) is 8.36. The molecule has 0 aliphatic rings. The lowest BCUT2D eigenvalue weighted by molar-refractivity contribution is -0.109. The van der Waals surface area contributed by atoms with E-state index in [0.29, 0.717) is 6.29 Å². The molecule has 0 bridgehead atoms. The van der Waals surface area contributed by atoms with Crippen LogP contribution < -0.4 is 16.7 Å². The van der Waals surface area contributed by atoms with Crippen molar-refractivity contribution < 1.29 is 42.9 Å². The summed E-state index contributed by atoms with van der Waals surface area (Å²) in [6, 6.07) is 3.45. The topological polar surface area (TPSA) is 144 Å². The van der Waals surface area contributed by atoms with E-state index in [-0.39, 0.29) is 36.1 Å². The molecule has 13 heteroatoms. The normalized spacial score (nSPS) is 11.7. The molecule has 2 aromatic rings. The van der Waals surface area contributed by atoms with Gasteiger partial charge in [0.05, 0.1) is 6.04 Å². The average molecular weight is 438 g/mol. The van der Waals surface area contributed by atoms with E-state index in [2.05, 4.69) is 0 Å². The lowest BCUT2D eigenvalue weighted by atomic mass is 9.79. The molecule has 31 heavy (non-hydrogen) atoms. The maximum atomic E-state index is 13.9. The van der Waals surface area contributed by atoms with Gasteiger partial charge < -0.3 is 35.5 Å². The van der Waals surface area contributed by atoms with Crippen molar-refractivity contribution in [2.24, 2.45) is 5.73 Å². The molecule has 8 nitrogen and oxygen atoms in total. The molecule has 0 aromatic heterocycles. The second-order valence-electron chi connectivity index (χ2n) is 6.82. The predicted octanol–water partition coefficient (Wildman–Crippen LogP) is -1.98. The minimum atomic E-state index is -2.31. The molecule has 0 radical (unpaired) electrons. The summed E-state index contributed by atoms with van der Waals surface area (Å²) in [5.41, 5.74) is 4.22. The Morgan fingerprint density at radius 1 is 1.06 bits per heavy atom. The van der Waals surface area contributed by atoms with Crippen LogP contribution in [-0.4, -0.2) is 64.0 Å².